The highest BCUT2D eigenvalue weighted by Crippen LogP contribution is 2.27. The number of benzene rings is 2. The van der Waals surface area contributed by atoms with E-state index in [1.165, 1.54) is 0 Å². The molecule has 1 aliphatic rings. The van der Waals surface area contributed by atoms with E-state index >= 15 is 0 Å². The first-order valence-electron chi connectivity index (χ1n) is 9.86. The van der Waals surface area contributed by atoms with Crippen LogP contribution in [0.25, 0.3) is 11.1 Å². The molecule has 0 N–H and O–H groups in total. The van der Waals surface area contributed by atoms with Crippen molar-refractivity contribution in [1.82, 2.24) is 0 Å². The van der Waals surface area contributed by atoms with Crippen molar-refractivity contribution in [3.63, 3.8) is 0 Å². The maximum absolute atomic E-state index is 12.9. The molecule has 0 fully saturated rings. The third-order valence-corrected chi connectivity index (χ3v) is 5.56. The summed E-state index contributed by atoms with van der Waals surface area (Å²) in [6.07, 6.45) is 8.12. The second kappa shape index (κ2) is 7.16. The Morgan fingerprint density at radius 1 is 0.633 bits per heavy atom. The van der Waals surface area contributed by atoms with Crippen molar-refractivity contribution in [2.24, 2.45) is 7.05 Å². The van der Waals surface area contributed by atoms with Crippen LogP contribution in [0.15, 0.2) is 91.5 Å². The largest absolute Gasteiger partial charge is 0.289 e. The molecule has 2 aromatic carbocycles. The number of fused-ring (bicyclic) bond motifs is 2. The van der Waals surface area contributed by atoms with Crippen LogP contribution in [0.5, 0.6) is 0 Å². The van der Waals surface area contributed by atoms with Crippen LogP contribution in [-0.2, 0) is 13.6 Å². The average Bonchev–Trinajstić information content (AvgIpc) is 2.79. The van der Waals surface area contributed by atoms with Gasteiger partial charge in [-0.2, -0.15) is 0 Å². The Bertz CT molecular complexity index is 1290. The van der Waals surface area contributed by atoms with Crippen molar-refractivity contribution in [1.29, 1.82) is 0 Å². The molecule has 0 saturated heterocycles. The van der Waals surface area contributed by atoms with Crippen LogP contribution in [-0.4, -0.2) is 11.6 Å². The monoisotopic (exact) mass is 392 g/mol. The molecule has 2 heterocycles. The molecular weight excluding hydrogens is 372 g/mol. The van der Waals surface area contributed by atoms with Gasteiger partial charge in [0.25, 0.3) is 0 Å². The van der Waals surface area contributed by atoms with Crippen molar-refractivity contribution in [3.05, 3.63) is 119 Å². The van der Waals surface area contributed by atoms with Crippen LogP contribution in [0, 0.1) is 0 Å². The molecule has 0 bridgehead atoms. The van der Waals surface area contributed by atoms with E-state index in [0.29, 0.717) is 28.8 Å². The summed E-state index contributed by atoms with van der Waals surface area (Å²) in [6, 6.07) is 20.9. The fourth-order valence-corrected chi connectivity index (χ4v) is 3.90. The normalized spacial score (nSPS) is 12.4. The fraction of sp³-hybridized carbons (Fsp3) is 0.0769. The summed E-state index contributed by atoms with van der Waals surface area (Å²) in [7, 11) is 2.00. The van der Waals surface area contributed by atoms with Gasteiger partial charge in [-0.25, -0.2) is 9.13 Å². The van der Waals surface area contributed by atoms with Crippen molar-refractivity contribution in [3.8, 4) is 11.1 Å². The minimum absolute atomic E-state index is 0.0833. The van der Waals surface area contributed by atoms with E-state index in [9.17, 15) is 9.59 Å². The second-order valence-corrected chi connectivity index (χ2v) is 7.60. The third kappa shape index (κ3) is 3.12. The minimum atomic E-state index is -0.0837. The summed E-state index contributed by atoms with van der Waals surface area (Å²) in [4.78, 5) is 25.7. The van der Waals surface area contributed by atoms with Gasteiger partial charge in [0.1, 0.15) is 7.05 Å². The number of aryl methyl sites for hydroxylation is 1. The summed E-state index contributed by atoms with van der Waals surface area (Å²) >= 11 is 0. The third-order valence-electron chi connectivity index (χ3n) is 5.56. The molecule has 0 spiro atoms. The summed E-state index contributed by atoms with van der Waals surface area (Å²) in [6.45, 7) is 0.625. The molecule has 0 aliphatic heterocycles. The van der Waals surface area contributed by atoms with Gasteiger partial charge in [-0.15, -0.1) is 0 Å². The number of hydrogen-bond donors (Lipinski definition) is 0. The van der Waals surface area contributed by atoms with E-state index in [0.717, 1.165) is 16.7 Å². The van der Waals surface area contributed by atoms with Crippen LogP contribution in [0.4, 0.5) is 0 Å². The Morgan fingerprint density at radius 2 is 1.17 bits per heavy atom. The molecule has 0 saturated carbocycles. The number of carbonyl (C=O) groups excluding carboxylic acids is 2. The number of carbonyl (C=O) groups is 2. The molecular formula is C26H20N2O2+2. The number of hydrogen-bond acceptors (Lipinski definition) is 2. The first-order valence-corrected chi connectivity index (χ1v) is 9.86. The molecule has 4 heteroatoms. The van der Waals surface area contributed by atoms with Gasteiger partial charge in [-0.3, -0.25) is 9.59 Å². The second-order valence-electron chi connectivity index (χ2n) is 7.60. The standard InChI is InChI=1S/C26H20N2O2/c1-27-12-8-19(9-13-27)20-10-14-28(15-11-20)17-18-6-7-23-24(16-18)26(30)22-5-3-2-4-21(22)25(23)29/h2-16H,17H2,1H3/q+2. The minimum Gasteiger partial charge on any atom is -0.289 e. The summed E-state index contributed by atoms with van der Waals surface area (Å²) in [5.74, 6) is -0.167. The molecule has 0 atom stereocenters. The van der Waals surface area contributed by atoms with Gasteiger partial charge >= 0.3 is 0 Å². The summed E-state index contributed by atoms with van der Waals surface area (Å²) in [5.41, 5.74) is 5.25. The highest BCUT2D eigenvalue weighted by Gasteiger charge is 2.29. The van der Waals surface area contributed by atoms with E-state index in [-0.39, 0.29) is 11.6 Å². The number of rotatable bonds is 3. The number of aromatic nitrogens is 2. The predicted molar refractivity (Wildman–Crippen MR) is 112 cm³/mol. The fourth-order valence-electron chi connectivity index (χ4n) is 3.90. The first kappa shape index (κ1) is 18.1. The lowest BCUT2D eigenvalue weighted by atomic mass is 9.83. The molecule has 1 aliphatic carbocycles. The van der Waals surface area contributed by atoms with E-state index in [2.05, 4.69) is 28.8 Å². The topological polar surface area (TPSA) is 41.9 Å². The highest BCUT2D eigenvalue weighted by atomic mass is 16.1. The Balaban J connectivity index is 1.42. The van der Waals surface area contributed by atoms with E-state index in [1.54, 1.807) is 30.3 Å². The lowest BCUT2D eigenvalue weighted by Crippen LogP contribution is -2.33. The Morgan fingerprint density at radius 3 is 1.80 bits per heavy atom. The van der Waals surface area contributed by atoms with Gasteiger partial charge in [-0.05, 0) is 23.3 Å². The highest BCUT2D eigenvalue weighted by molar-refractivity contribution is 6.28. The zero-order valence-corrected chi connectivity index (χ0v) is 16.6. The van der Waals surface area contributed by atoms with Crippen molar-refractivity contribution in [2.45, 2.75) is 6.54 Å². The molecule has 4 nitrogen and oxygen atoms in total. The van der Waals surface area contributed by atoms with Gasteiger partial charge in [0.05, 0.1) is 0 Å². The molecule has 0 radical (unpaired) electrons. The molecule has 4 aromatic rings. The molecule has 0 amide bonds. The van der Waals surface area contributed by atoms with Gasteiger partial charge in [0.15, 0.2) is 42.9 Å². The molecule has 0 unspecified atom stereocenters. The maximum Gasteiger partial charge on any atom is 0.194 e. The van der Waals surface area contributed by atoms with Crippen molar-refractivity contribution < 1.29 is 18.7 Å². The molecule has 30 heavy (non-hydrogen) atoms. The lowest BCUT2D eigenvalue weighted by molar-refractivity contribution is -0.688. The van der Waals surface area contributed by atoms with E-state index in [4.69, 9.17) is 0 Å². The predicted octanol–water partition coefficient (Wildman–Crippen LogP) is 3.29. The van der Waals surface area contributed by atoms with Crippen LogP contribution in [0.3, 0.4) is 0 Å². The van der Waals surface area contributed by atoms with Crippen LogP contribution >= 0.6 is 0 Å². The Hall–Kier alpha value is -3.92. The van der Waals surface area contributed by atoms with E-state index < -0.39 is 0 Å². The van der Waals surface area contributed by atoms with Crippen LogP contribution in [0.2, 0.25) is 0 Å². The Labute approximate surface area is 174 Å². The number of pyridine rings is 2. The van der Waals surface area contributed by atoms with Crippen LogP contribution < -0.4 is 9.13 Å². The van der Waals surface area contributed by atoms with Gasteiger partial charge in [0, 0.05) is 52.1 Å². The zero-order valence-electron chi connectivity index (χ0n) is 16.6. The van der Waals surface area contributed by atoms with E-state index in [1.807, 2.05) is 48.5 Å². The smallest absolute Gasteiger partial charge is 0.194 e. The molecule has 144 valence electrons. The number of ketones is 2. The summed E-state index contributed by atoms with van der Waals surface area (Å²) < 4.78 is 4.07. The quantitative estimate of drug-likeness (QED) is 0.442. The number of nitrogens with zero attached hydrogens (tertiary/aromatic N) is 2. The maximum atomic E-state index is 12.9. The Kier molecular flexibility index (Phi) is 4.32. The zero-order chi connectivity index (χ0) is 20.7. The van der Waals surface area contributed by atoms with Crippen LogP contribution in [0.1, 0.15) is 37.4 Å². The SMILES string of the molecule is C[n+]1ccc(-c2cc[n+](Cc3ccc4c(c3)C(=O)c3ccccc3C4=O)cc2)cc1. The van der Waals surface area contributed by atoms with Crippen molar-refractivity contribution >= 4 is 11.6 Å². The first-order chi connectivity index (χ1) is 14.6. The van der Waals surface area contributed by atoms with Crippen molar-refractivity contribution in [2.75, 3.05) is 0 Å². The van der Waals surface area contributed by atoms with Gasteiger partial charge < -0.3 is 0 Å². The molecule has 2 aromatic heterocycles. The summed E-state index contributed by atoms with van der Waals surface area (Å²) in [5, 5.41) is 0. The lowest BCUT2D eigenvalue weighted by Gasteiger charge is -2.17. The van der Waals surface area contributed by atoms with Gasteiger partial charge in [-0.1, -0.05) is 30.3 Å². The molecule has 5 rings (SSSR count). The average molecular weight is 392 g/mol. The van der Waals surface area contributed by atoms with Gasteiger partial charge in [0.2, 0.25) is 0 Å².